The van der Waals surface area contributed by atoms with Gasteiger partial charge in [-0.05, 0) is 42.5 Å². The van der Waals surface area contributed by atoms with Gasteiger partial charge < -0.3 is 5.11 Å². The molecule has 106 valence electrons. The molecular formula is C16H14N2O2S. The molecule has 3 aromatic rings. The first-order chi connectivity index (χ1) is 10.1. The first kappa shape index (κ1) is 13.6. The third-order valence-electron chi connectivity index (χ3n) is 3.29. The number of thiophene rings is 1. The standard InChI is InChI=1S/C16H14N2O2S/c1-10-5-6-11(2)13(8-10)18-14(15-4-3-7-21-15)9-12(17-18)16(19)20/h3-9H,1-2H3,(H,19,20). The number of aryl methyl sites for hydroxylation is 2. The van der Waals surface area contributed by atoms with E-state index in [2.05, 4.69) is 5.10 Å². The van der Waals surface area contributed by atoms with Gasteiger partial charge in [0, 0.05) is 6.07 Å². The Morgan fingerprint density at radius 3 is 2.71 bits per heavy atom. The van der Waals surface area contributed by atoms with Crippen LogP contribution in [0.2, 0.25) is 0 Å². The lowest BCUT2D eigenvalue weighted by Crippen LogP contribution is -2.04. The zero-order valence-electron chi connectivity index (χ0n) is 11.7. The van der Waals surface area contributed by atoms with E-state index in [9.17, 15) is 9.90 Å². The van der Waals surface area contributed by atoms with Crippen molar-refractivity contribution in [3.05, 3.63) is 58.6 Å². The van der Waals surface area contributed by atoms with Crippen molar-refractivity contribution in [2.45, 2.75) is 13.8 Å². The molecule has 2 aromatic heterocycles. The van der Waals surface area contributed by atoms with E-state index in [0.29, 0.717) is 0 Å². The van der Waals surface area contributed by atoms with E-state index in [1.165, 1.54) is 0 Å². The van der Waals surface area contributed by atoms with Crippen LogP contribution in [0.5, 0.6) is 0 Å². The summed E-state index contributed by atoms with van der Waals surface area (Å²) >= 11 is 1.57. The predicted octanol–water partition coefficient (Wildman–Crippen LogP) is 3.92. The van der Waals surface area contributed by atoms with Crippen LogP contribution >= 0.6 is 11.3 Å². The Bertz CT molecular complexity index is 804. The molecule has 0 aliphatic carbocycles. The molecule has 0 atom stereocenters. The number of aromatic carboxylic acids is 1. The maximum Gasteiger partial charge on any atom is 0.356 e. The minimum Gasteiger partial charge on any atom is -0.476 e. The molecule has 0 amide bonds. The van der Waals surface area contributed by atoms with Crippen molar-refractivity contribution in [1.29, 1.82) is 0 Å². The van der Waals surface area contributed by atoms with Crippen molar-refractivity contribution in [3.8, 4) is 16.3 Å². The largest absolute Gasteiger partial charge is 0.476 e. The molecule has 1 aromatic carbocycles. The van der Waals surface area contributed by atoms with Gasteiger partial charge in [0.05, 0.1) is 16.3 Å². The molecule has 0 aliphatic rings. The number of hydrogen-bond acceptors (Lipinski definition) is 3. The van der Waals surface area contributed by atoms with E-state index in [1.54, 1.807) is 22.1 Å². The Morgan fingerprint density at radius 1 is 1.24 bits per heavy atom. The molecule has 0 radical (unpaired) electrons. The van der Waals surface area contributed by atoms with E-state index in [4.69, 9.17) is 0 Å². The van der Waals surface area contributed by atoms with Gasteiger partial charge in [-0.25, -0.2) is 9.48 Å². The van der Waals surface area contributed by atoms with Crippen LogP contribution in [0.4, 0.5) is 0 Å². The highest BCUT2D eigenvalue weighted by Crippen LogP contribution is 2.29. The topological polar surface area (TPSA) is 55.1 Å². The monoisotopic (exact) mass is 298 g/mol. The van der Waals surface area contributed by atoms with Gasteiger partial charge in [0.25, 0.3) is 0 Å². The van der Waals surface area contributed by atoms with Crippen LogP contribution in [-0.4, -0.2) is 20.9 Å². The van der Waals surface area contributed by atoms with Gasteiger partial charge >= 0.3 is 5.97 Å². The summed E-state index contributed by atoms with van der Waals surface area (Å²) < 4.78 is 1.72. The quantitative estimate of drug-likeness (QED) is 0.797. The Kier molecular flexibility index (Phi) is 3.35. The van der Waals surface area contributed by atoms with Crippen molar-refractivity contribution in [2.24, 2.45) is 0 Å². The summed E-state index contributed by atoms with van der Waals surface area (Å²) in [6, 6.07) is 11.6. The summed E-state index contributed by atoms with van der Waals surface area (Å²) in [7, 11) is 0. The van der Waals surface area contributed by atoms with E-state index in [-0.39, 0.29) is 5.69 Å². The highest BCUT2D eigenvalue weighted by molar-refractivity contribution is 7.13. The lowest BCUT2D eigenvalue weighted by molar-refractivity contribution is 0.0690. The molecule has 4 nitrogen and oxygen atoms in total. The third kappa shape index (κ3) is 2.48. The van der Waals surface area contributed by atoms with Gasteiger partial charge in [-0.1, -0.05) is 18.2 Å². The SMILES string of the molecule is Cc1ccc(C)c(-n2nc(C(=O)O)cc2-c2cccs2)c1. The number of carboxylic acids is 1. The number of nitrogens with zero attached hydrogens (tertiary/aromatic N) is 2. The molecule has 2 heterocycles. The van der Waals surface area contributed by atoms with Gasteiger partial charge in [-0.15, -0.1) is 11.3 Å². The van der Waals surface area contributed by atoms with Crippen molar-refractivity contribution >= 4 is 17.3 Å². The lowest BCUT2D eigenvalue weighted by atomic mass is 10.1. The average molecular weight is 298 g/mol. The lowest BCUT2D eigenvalue weighted by Gasteiger charge is -2.10. The van der Waals surface area contributed by atoms with Gasteiger partial charge in [0.15, 0.2) is 5.69 Å². The third-order valence-corrected chi connectivity index (χ3v) is 4.19. The molecule has 0 saturated carbocycles. The van der Waals surface area contributed by atoms with Crippen molar-refractivity contribution in [1.82, 2.24) is 9.78 Å². The summed E-state index contributed by atoms with van der Waals surface area (Å²) in [5.74, 6) is -1.02. The number of carbonyl (C=O) groups is 1. The summed E-state index contributed by atoms with van der Waals surface area (Å²) in [5.41, 5.74) is 3.93. The van der Waals surface area contributed by atoms with E-state index < -0.39 is 5.97 Å². The van der Waals surface area contributed by atoms with Crippen LogP contribution in [0.15, 0.2) is 41.8 Å². The highest BCUT2D eigenvalue weighted by atomic mass is 32.1. The van der Waals surface area contributed by atoms with Crippen molar-refractivity contribution in [3.63, 3.8) is 0 Å². The molecule has 0 spiro atoms. The first-order valence-electron chi connectivity index (χ1n) is 6.51. The normalized spacial score (nSPS) is 10.8. The number of benzene rings is 1. The molecule has 1 N–H and O–H groups in total. The Labute approximate surface area is 126 Å². The smallest absolute Gasteiger partial charge is 0.356 e. The Hall–Kier alpha value is -2.40. The van der Waals surface area contributed by atoms with Crippen LogP contribution in [0.3, 0.4) is 0 Å². The fourth-order valence-corrected chi connectivity index (χ4v) is 2.94. The molecule has 0 fully saturated rings. The summed E-state index contributed by atoms with van der Waals surface area (Å²) in [4.78, 5) is 12.2. The molecule has 3 rings (SSSR count). The van der Waals surface area contributed by atoms with E-state index >= 15 is 0 Å². The van der Waals surface area contributed by atoms with Crippen LogP contribution < -0.4 is 0 Å². The molecule has 21 heavy (non-hydrogen) atoms. The van der Waals surface area contributed by atoms with Crippen LogP contribution in [0.25, 0.3) is 16.3 Å². The second-order valence-corrected chi connectivity index (χ2v) is 5.85. The van der Waals surface area contributed by atoms with E-state index in [0.717, 1.165) is 27.4 Å². The second kappa shape index (κ2) is 5.18. The molecule has 0 saturated heterocycles. The molecule has 0 unspecified atom stereocenters. The summed E-state index contributed by atoms with van der Waals surface area (Å²) in [6.07, 6.45) is 0. The average Bonchev–Trinajstić information content (AvgIpc) is 3.09. The zero-order valence-corrected chi connectivity index (χ0v) is 12.5. The molecular weight excluding hydrogens is 284 g/mol. The summed E-state index contributed by atoms with van der Waals surface area (Å²) in [5, 5.41) is 15.4. The van der Waals surface area contributed by atoms with Gasteiger partial charge in [-0.2, -0.15) is 5.10 Å². The van der Waals surface area contributed by atoms with Crippen LogP contribution in [-0.2, 0) is 0 Å². The minimum atomic E-state index is -1.02. The molecule has 0 aliphatic heterocycles. The van der Waals surface area contributed by atoms with Gasteiger partial charge in [-0.3, -0.25) is 0 Å². The Balaban J connectivity index is 2.26. The van der Waals surface area contributed by atoms with Gasteiger partial charge in [0.1, 0.15) is 0 Å². The number of hydrogen-bond donors (Lipinski definition) is 1. The highest BCUT2D eigenvalue weighted by Gasteiger charge is 2.17. The number of carboxylic acid groups (broad SMARTS) is 1. The van der Waals surface area contributed by atoms with Gasteiger partial charge in [0.2, 0.25) is 0 Å². The molecule has 0 bridgehead atoms. The van der Waals surface area contributed by atoms with Crippen molar-refractivity contribution in [2.75, 3.05) is 0 Å². The van der Waals surface area contributed by atoms with Crippen LogP contribution in [0.1, 0.15) is 21.6 Å². The maximum atomic E-state index is 11.2. The predicted molar refractivity (Wildman–Crippen MR) is 83.3 cm³/mol. The minimum absolute atomic E-state index is 0.0549. The Morgan fingerprint density at radius 2 is 2.05 bits per heavy atom. The molecule has 5 heteroatoms. The van der Waals surface area contributed by atoms with Crippen LogP contribution in [0, 0.1) is 13.8 Å². The first-order valence-corrected chi connectivity index (χ1v) is 7.39. The maximum absolute atomic E-state index is 11.2. The van der Waals surface area contributed by atoms with E-state index in [1.807, 2.05) is 49.6 Å². The summed E-state index contributed by atoms with van der Waals surface area (Å²) in [6.45, 7) is 4.00. The second-order valence-electron chi connectivity index (χ2n) is 4.90. The van der Waals surface area contributed by atoms with Crippen molar-refractivity contribution < 1.29 is 9.90 Å². The number of aromatic nitrogens is 2. The fourth-order valence-electron chi connectivity index (χ4n) is 2.22. The fraction of sp³-hybridized carbons (Fsp3) is 0.125. The zero-order chi connectivity index (χ0) is 15.0. The number of rotatable bonds is 3.